The maximum Gasteiger partial charge on any atom is 0.321 e. The van der Waals surface area contributed by atoms with Crippen molar-refractivity contribution in [3.63, 3.8) is 0 Å². The Balaban J connectivity index is 1.58. The fraction of sp³-hybridized carbons (Fsp3) is 0.263. The number of halogens is 2. The van der Waals surface area contributed by atoms with Gasteiger partial charge in [-0.3, -0.25) is 4.90 Å². The average molecular weight is 373 g/mol. The molecule has 0 aliphatic carbocycles. The third kappa shape index (κ3) is 4.31. The van der Waals surface area contributed by atoms with Gasteiger partial charge in [0.2, 0.25) is 0 Å². The lowest BCUT2D eigenvalue weighted by Gasteiger charge is -2.37. The first-order valence-electron chi connectivity index (χ1n) is 8.27. The number of piperazine rings is 1. The Morgan fingerprint density at radius 1 is 1.15 bits per heavy atom. The van der Waals surface area contributed by atoms with E-state index in [0.29, 0.717) is 36.9 Å². The van der Waals surface area contributed by atoms with Gasteiger partial charge in [-0.25, -0.2) is 9.18 Å². The zero-order valence-corrected chi connectivity index (χ0v) is 14.8. The highest BCUT2D eigenvalue weighted by Crippen LogP contribution is 2.22. The van der Waals surface area contributed by atoms with Crippen LogP contribution in [-0.2, 0) is 0 Å². The minimum atomic E-state index is -0.450. The van der Waals surface area contributed by atoms with Crippen LogP contribution in [0.2, 0.25) is 5.02 Å². The highest BCUT2D eigenvalue weighted by atomic mass is 35.5. The molecule has 0 radical (unpaired) electrons. The maximum atomic E-state index is 13.1. The van der Waals surface area contributed by atoms with Gasteiger partial charge in [-0.2, -0.15) is 5.26 Å². The summed E-state index contributed by atoms with van der Waals surface area (Å²) in [7, 11) is 0. The third-order valence-corrected chi connectivity index (χ3v) is 4.59. The maximum absolute atomic E-state index is 13.1. The lowest BCUT2D eigenvalue weighted by atomic mass is 10.1. The van der Waals surface area contributed by atoms with Crippen LogP contribution in [0.1, 0.15) is 11.6 Å². The molecule has 1 heterocycles. The van der Waals surface area contributed by atoms with Crippen molar-refractivity contribution in [1.82, 2.24) is 9.80 Å². The Labute approximate surface area is 156 Å². The second-order valence-electron chi connectivity index (χ2n) is 6.05. The van der Waals surface area contributed by atoms with E-state index in [2.05, 4.69) is 11.4 Å². The van der Waals surface area contributed by atoms with E-state index in [0.717, 1.165) is 5.56 Å². The van der Waals surface area contributed by atoms with Gasteiger partial charge in [0.15, 0.2) is 0 Å². The van der Waals surface area contributed by atoms with Gasteiger partial charge in [0, 0.05) is 36.9 Å². The van der Waals surface area contributed by atoms with Gasteiger partial charge in [0.1, 0.15) is 11.9 Å². The van der Waals surface area contributed by atoms with Crippen LogP contribution >= 0.6 is 11.6 Å². The molecule has 1 saturated heterocycles. The number of benzene rings is 2. The van der Waals surface area contributed by atoms with Crippen molar-refractivity contribution in [2.75, 3.05) is 31.5 Å². The lowest BCUT2D eigenvalue weighted by molar-refractivity contribution is 0.131. The fourth-order valence-corrected chi connectivity index (χ4v) is 3.15. The summed E-state index contributed by atoms with van der Waals surface area (Å²) in [5.41, 5.74) is 1.40. The highest BCUT2D eigenvalue weighted by Gasteiger charge is 2.27. The standard InChI is InChI=1S/C19H18ClFN4O/c20-15-2-1-3-17(12-15)23-19(26)25-10-8-24(9-11-25)18(13-22)14-4-6-16(21)7-5-14/h1-7,12,18H,8-11H2,(H,23,26). The zero-order chi connectivity index (χ0) is 18.5. The lowest BCUT2D eigenvalue weighted by Crippen LogP contribution is -2.50. The molecule has 0 bridgehead atoms. The molecule has 0 saturated carbocycles. The van der Waals surface area contributed by atoms with Gasteiger partial charge in [-0.1, -0.05) is 29.8 Å². The molecule has 1 N–H and O–H groups in total. The van der Waals surface area contributed by atoms with Crippen LogP contribution in [0.4, 0.5) is 14.9 Å². The summed E-state index contributed by atoms with van der Waals surface area (Å²) >= 11 is 5.93. The van der Waals surface area contributed by atoms with Crippen LogP contribution in [0.15, 0.2) is 48.5 Å². The molecule has 26 heavy (non-hydrogen) atoms. The highest BCUT2D eigenvalue weighted by molar-refractivity contribution is 6.30. The molecule has 2 aromatic rings. The number of nitrogens with zero attached hydrogens (tertiary/aromatic N) is 3. The number of carbonyl (C=O) groups is 1. The van der Waals surface area contributed by atoms with E-state index in [1.165, 1.54) is 12.1 Å². The van der Waals surface area contributed by atoms with Crippen molar-refractivity contribution < 1.29 is 9.18 Å². The molecule has 1 fully saturated rings. The van der Waals surface area contributed by atoms with Gasteiger partial charge < -0.3 is 10.2 Å². The first-order chi connectivity index (χ1) is 12.6. The van der Waals surface area contributed by atoms with Crippen molar-refractivity contribution in [2.24, 2.45) is 0 Å². The number of carbonyl (C=O) groups excluding carboxylic acids is 1. The van der Waals surface area contributed by atoms with Gasteiger partial charge in [0.25, 0.3) is 0 Å². The van der Waals surface area contributed by atoms with E-state index in [-0.39, 0.29) is 11.8 Å². The Hall–Kier alpha value is -2.62. The van der Waals surface area contributed by atoms with Gasteiger partial charge in [-0.15, -0.1) is 0 Å². The van der Waals surface area contributed by atoms with Gasteiger partial charge in [0.05, 0.1) is 6.07 Å². The molecule has 5 nitrogen and oxygen atoms in total. The van der Waals surface area contributed by atoms with E-state index in [9.17, 15) is 14.4 Å². The predicted molar refractivity (Wildman–Crippen MR) is 98.4 cm³/mol. The Bertz CT molecular complexity index is 813. The topological polar surface area (TPSA) is 59.4 Å². The number of rotatable bonds is 3. The molecule has 0 spiro atoms. The van der Waals surface area contributed by atoms with Crippen LogP contribution in [0.5, 0.6) is 0 Å². The number of amides is 2. The Morgan fingerprint density at radius 2 is 1.85 bits per heavy atom. The van der Waals surface area contributed by atoms with Crippen molar-refractivity contribution in [3.05, 3.63) is 64.9 Å². The molecule has 1 aliphatic rings. The number of anilines is 1. The van der Waals surface area contributed by atoms with Crippen LogP contribution in [-0.4, -0.2) is 42.0 Å². The van der Waals surface area contributed by atoms with E-state index in [1.54, 1.807) is 41.3 Å². The first-order valence-corrected chi connectivity index (χ1v) is 8.65. The molecule has 7 heteroatoms. The third-order valence-electron chi connectivity index (χ3n) is 4.35. The number of nitriles is 1. The number of urea groups is 1. The number of hydrogen-bond acceptors (Lipinski definition) is 3. The minimum Gasteiger partial charge on any atom is -0.322 e. The first kappa shape index (κ1) is 18.2. The Kier molecular flexibility index (Phi) is 5.71. The molecule has 0 aromatic heterocycles. The molecule has 2 aromatic carbocycles. The van der Waals surface area contributed by atoms with Crippen molar-refractivity contribution in [3.8, 4) is 6.07 Å². The second kappa shape index (κ2) is 8.17. The SMILES string of the molecule is N#CC(c1ccc(F)cc1)N1CCN(C(=O)Nc2cccc(Cl)c2)CC1. The summed E-state index contributed by atoms with van der Waals surface area (Å²) in [4.78, 5) is 16.1. The molecule has 1 unspecified atom stereocenters. The normalized spacial score (nSPS) is 16.0. The van der Waals surface area contributed by atoms with Crippen LogP contribution < -0.4 is 5.32 Å². The van der Waals surface area contributed by atoms with Crippen molar-refractivity contribution >= 4 is 23.3 Å². The summed E-state index contributed by atoms with van der Waals surface area (Å²) < 4.78 is 13.1. The zero-order valence-electron chi connectivity index (χ0n) is 14.0. The molecule has 3 rings (SSSR count). The predicted octanol–water partition coefficient (Wildman–Crippen LogP) is 3.89. The smallest absolute Gasteiger partial charge is 0.321 e. The minimum absolute atomic E-state index is 0.192. The summed E-state index contributed by atoms with van der Waals surface area (Å²) in [6.07, 6.45) is 0. The molecular formula is C19H18ClFN4O. The van der Waals surface area contributed by atoms with Crippen LogP contribution in [0, 0.1) is 17.1 Å². The number of hydrogen-bond donors (Lipinski definition) is 1. The summed E-state index contributed by atoms with van der Waals surface area (Å²) in [6.45, 7) is 2.15. The van der Waals surface area contributed by atoms with E-state index < -0.39 is 6.04 Å². The van der Waals surface area contributed by atoms with Gasteiger partial charge >= 0.3 is 6.03 Å². The fourth-order valence-electron chi connectivity index (χ4n) is 2.96. The van der Waals surface area contributed by atoms with Gasteiger partial charge in [-0.05, 0) is 35.9 Å². The summed E-state index contributed by atoms with van der Waals surface area (Å²) in [6, 6.07) is 14.6. The molecule has 134 valence electrons. The Morgan fingerprint density at radius 3 is 2.46 bits per heavy atom. The van der Waals surface area contributed by atoms with E-state index >= 15 is 0 Å². The van der Waals surface area contributed by atoms with Crippen molar-refractivity contribution in [2.45, 2.75) is 6.04 Å². The molecular weight excluding hydrogens is 355 g/mol. The van der Waals surface area contributed by atoms with Crippen LogP contribution in [0.3, 0.4) is 0 Å². The van der Waals surface area contributed by atoms with E-state index in [1.807, 2.05) is 4.90 Å². The van der Waals surface area contributed by atoms with Crippen molar-refractivity contribution in [1.29, 1.82) is 5.26 Å². The van der Waals surface area contributed by atoms with E-state index in [4.69, 9.17) is 11.6 Å². The molecule has 2 amide bonds. The quantitative estimate of drug-likeness (QED) is 0.889. The largest absolute Gasteiger partial charge is 0.322 e. The van der Waals surface area contributed by atoms with Crippen LogP contribution in [0.25, 0.3) is 0 Å². The number of nitrogens with one attached hydrogen (secondary N) is 1. The average Bonchev–Trinajstić information content (AvgIpc) is 2.64. The molecule has 1 atom stereocenters. The monoisotopic (exact) mass is 372 g/mol. The molecule has 1 aliphatic heterocycles. The summed E-state index contributed by atoms with van der Waals surface area (Å²) in [5.74, 6) is -0.326. The summed E-state index contributed by atoms with van der Waals surface area (Å²) in [5, 5.41) is 12.9. The second-order valence-corrected chi connectivity index (χ2v) is 6.48.